The Morgan fingerprint density at radius 1 is 0.893 bits per heavy atom. The molecule has 3 aromatic carbocycles. The van der Waals surface area contributed by atoms with Crippen molar-refractivity contribution in [2.45, 2.75) is 20.0 Å². The lowest BCUT2D eigenvalue weighted by Gasteiger charge is -2.31. The zero-order valence-electron chi connectivity index (χ0n) is 16.1. The number of fused-ring (bicyclic) bond motifs is 1. The Morgan fingerprint density at radius 2 is 1.64 bits per heavy atom. The maximum Gasteiger partial charge on any atom is 0.103 e. The molecule has 0 spiro atoms. The fourth-order valence-corrected chi connectivity index (χ4v) is 4.02. The van der Waals surface area contributed by atoms with Crippen LogP contribution in [0, 0.1) is 29.6 Å². The van der Waals surface area contributed by atoms with E-state index in [1.807, 2.05) is 31.3 Å². The molecule has 4 nitrogen and oxygen atoms in total. The van der Waals surface area contributed by atoms with E-state index in [0.717, 1.165) is 33.8 Å². The van der Waals surface area contributed by atoms with E-state index in [2.05, 4.69) is 66.1 Å². The van der Waals surface area contributed by atoms with Gasteiger partial charge in [-0.15, -0.1) is 0 Å². The van der Waals surface area contributed by atoms with E-state index in [4.69, 9.17) is 0 Å². The third-order valence-electron chi connectivity index (χ3n) is 5.45. The van der Waals surface area contributed by atoms with Gasteiger partial charge in [-0.2, -0.15) is 10.5 Å². The number of benzene rings is 3. The van der Waals surface area contributed by atoms with Crippen LogP contribution >= 0.6 is 0 Å². The van der Waals surface area contributed by atoms with Gasteiger partial charge in [-0.25, -0.2) is 0 Å². The van der Waals surface area contributed by atoms with E-state index in [1.165, 1.54) is 0 Å². The van der Waals surface area contributed by atoms with Crippen molar-refractivity contribution in [3.8, 4) is 23.3 Å². The number of nitriles is 2. The maximum absolute atomic E-state index is 9.67. The molecule has 0 unspecified atom stereocenters. The zero-order valence-corrected chi connectivity index (χ0v) is 16.1. The summed E-state index contributed by atoms with van der Waals surface area (Å²) in [6.07, 6.45) is 0.0135. The van der Waals surface area contributed by atoms with Crippen molar-refractivity contribution in [3.05, 3.63) is 77.4 Å². The molecule has 0 N–H and O–H groups in total. The first-order chi connectivity index (χ1) is 13.6. The molecule has 0 amide bonds. The molecular weight excluding hydrogens is 344 g/mol. The van der Waals surface area contributed by atoms with Gasteiger partial charge in [0, 0.05) is 12.6 Å². The minimum Gasteiger partial charge on any atom is -0.351 e. The van der Waals surface area contributed by atoms with Gasteiger partial charge in [-0.05, 0) is 37.1 Å². The Hall–Kier alpha value is -3.76. The van der Waals surface area contributed by atoms with Crippen LogP contribution in [0.25, 0.3) is 11.1 Å². The van der Waals surface area contributed by atoms with Crippen LogP contribution < -0.4 is 9.80 Å². The number of aryl methyl sites for hydroxylation is 1. The van der Waals surface area contributed by atoms with Gasteiger partial charge in [0.2, 0.25) is 0 Å². The fraction of sp³-hybridized carbons (Fsp3) is 0.167. The summed E-state index contributed by atoms with van der Waals surface area (Å²) in [5.41, 5.74) is 7.32. The molecule has 0 aromatic heterocycles. The molecule has 0 bridgehead atoms. The lowest BCUT2D eigenvalue weighted by Crippen LogP contribution is -2.36. The molecule has 1 atom stereocenters. The van der Waals surface area contributed by atoms with Crippen LogP contribution in [-0.4, -0.2) is 13.2 Å². The third-order valence-corrected chi connectivity index (χ3v) is 5.45. The number of rotatable bonds is 2. The van der Waals surface area contributed by atoms with Crippen LogP contribution in [0.5, 0.6) is 0 Å². The predicted molar refractivity (Wildman–Crippen MR) is 112 cm³/mol. The van der Waals surface area contributed by atoms with E-state index >= 15 is 0 Å². The Bertz CT molecular complexity index is 1140. The highest BCUT2D eigenvalue weighted by atomic mass is 15.4. The summed E-state index contributed by atoms with van der Waals surface area (Å²) in [6.45, 7) is 4.22. The quantitative estimate of drug-likeness (QED) is 0.616. The van der Waals surface area contributed by atoms with Crippen molar-refractivity contribution >= 4 is 17.1 Å². The molecule has 4 rings (SSSR count). The van der Waals surface area contributed by atoms with Crippen molar-refractivity contribution in [1.82, 2.24) is 0 Å². The Kier molecular flexibility index (Phi) is 4.26. The molecule has 1 heterocycles. The normalized spacial score (nSPS) is 15.1. The molecule has 0 fully saturated rings. The van der Waals surface area contributed by atoms with Gasteiger partial charge in [0.15, 0.2) is 0 Å². The maximum atomic E-state index is 9.67. The van der Waals surface area contributed by atoms with Crippen molar-refractivity contribution in [1.29, 1.82) is 10.5 Å². The van der Waals surface area contributed by atoms with Crippen LogP contribution in [0.4, 0.5) is 17.1 Å². The molecule has 0 saturated heterocycles. The number of hydrogen-bond donors (Lipinski definition) is 0. The highest BCUT2D eigenvalue weighted by Gasteiger charge is 2.36. The number of hydrogen-bond acceptors (Lipinski definition) is 4. The lowest BCUT2D eigenvalue weighted by atomic mass is 9.98. The van der Waals surface area contributed by atoms with Gasteiger partial charge >= 0.3 is 0 Å². The summed E-state index contributed by atoms with van der Waals surface area (Å²) in [5, 5.41) is 19.1. The second-order valence-corrected chi connectivity index (χ2v) is 7.07. The fourth-order valence-electron chi connectivity index (χ4n) is 4.02. The SMILES string of the molecule is Cc1cccc(-c2ccccc2)c1N1c2cc(C#N)cc(C#N)c2N(C)[C@@H]1C. The standard InChI is InChI=1S/C24H20N4/c1-16-8-7-11-21(19-9-5-4-6-10-19)23(16)28-17(2)27(3)24-20(15-26)12-18(14-25)13-22(24)28/h4-13,17H,1-3H3/t17-/m0/s1. The van der Waals surface area contributed by atoms with E-state index in [0.29, 0.717) is 11.1 Å². The monoisotopic (exact) mass is 364 g/mol. The van der Waals surface area contributed by atoms with E-state index in [9.17, 15) is 10.5 Å². The van der Waals surface area contributed by atoms with Gasteiger partial charge in [0.25, 0.3) is 0 Å². The molecule has 1 aliphatic heterocycles. The molecule has 136 valence electrons. The summed E-state index contributed by atoms with van der Waals surface area (Å²) in [6, 6.07) is 24.6. The molecule has 1 aliphatic rings. The van der Waals surface area contributed by atoms with Crippen LogP contribution in [0.15, 0.2) is 60.7 Å². The molecule has 0 radical (unpaired) electrons. The molecule has 28 heavy (non-hydrogen) atoms. The van der Waals surface area contributed by atoms with Crippen LogP contribution in [0.2, 0.25) is 0 Å². The third kappa shape index (κ3) is 2.59. The topological polar surface area (TPSA) is 54.1 Å². The number of anilines is 3. The first-order valence-electron chi connectivity index (χ1n) is 9.22. The first-order valence-corrected chi connectivity index (χ1v) is 9.22. The van der Waals surface area contributed by atoms with Crippen molar-refractivity contribution in [3.63, 3.8) is 0 Å². The average Bonchev–Trinajstić information content (AvgIpc) is 2.98. The summed E-state index contributed by atoms with van der Waals surface area (Å²) >= 11 is 0. The van der Waals surface area contributed by atoms with Gasteiger partial charge in [0.05, 0.1) is 34.3 Å². The Labute approximate surface area is 165 Å². The minimum absolute atomic E-state index is 0.0135. The van der Waals surface area contributed by atoms with Crippen molar-refractivity contribution < 1.29 is 0 Å². The van der Waals surface area contributed by atoms with Gasteiger partial charge in [-0.3, -0.25) is 0 Å². The zero-order chi connectivity index (χ0) is 19.8. The Morgan fingerprint density at radius 3 is 2.32 bits per heavy atom. The van der Waals surface area contributed by atoms with Crippen molar-refractivity contribution in [2.75, 3.05) is 16.8 Å². The van der Waals surface area contributed by atoms with Gasteiger partial charge in [0.1, 0.15) is 12.2 Å². The van der Waals surface area contributed by atoms with E-state index < -0.39 is 0 Å². The molecular formula is C24H20N4. The lowest BCUT2D eigenvalue weighted by molar-refractivity contribution is 0.733. The summed E-state index contributed by atoms with van der Waals surface area (Å²) in [5.74, 6) is 0. The molecule has 0 saturated carbocycles. The summed E-state index contributed by atoms with van der Waals surface area (Å²) in [4.78, 5) is 4.35. The highest BCUT2D eigenvalue weighted by molar-refractivity contribution is 5.93. The number of nitrogens with zero attached hydrogens (tertiary/aromatic N) is 4. The van der Waals surface area contributed by atoms with E-state index in [-0.39, 0.29) is 6.17 Å². The van der Waals surface area contributed by atoms with E-state index in [1.54, 1.807) is 6.07 Å². The van der Waals surface area contributed by atoms with Crippen LogP contribution in [-0.2, 0) is 0 Å². The summed E-state index contributed by atoms with van der Waals surface area (Å²) < 4.78 is 0. The highest BCUT2D eigenvalue weighted by Crippen LogP contribution is 2.49. The van der Waals surface area contributed by atoms with Crippen LogP contribution in [0.1, 0.15) is 23.6 Å². The summed E-state index contributed by atoms with van der Waals surface area (Å²) in [7, 11) is 2.00. The smallest absolute Gasteiger partial charge is 0.103 e. The second-order valence-electron chi connectivity index (χ2n) is 7.07. The first kappa shape index (κ1) is 17.6. The Balaban J connectivity index is 2.01. The van der Waals surface area contributed by atoms with Gasteiger partial charge in [-0.1, -0.05) is 48.5 Å². The van der Waals surface area contributed by atoms with Gasteiger partial charge < -0.3 is 9.80 Å². The van der Waals surface area contributed by atoms with Crippen LogP contribution in [0.3, 0.4) is 0 Å². The molecule has 4 heteroatoms. The second kappa shape index (κ2) is 6.76. The predicted octanol–water partition coefficient (Wildman–Crippen LogP) is 5.34. The average molecular weight is 364 g/mol. The largest absolute Gasteiger partial charge is 0.351 e. The van der Waals surface area contributed by atoms with Crippen molar-refractivity contribution in [2.24, 2.45) is 0 Å². The minimum atomic E-state index is 0.0135. The molecule has 3 aromatic rings. The molecule has 0 aliphatic carbocycles. The number of para-hydroxylation sites is 1.